The number of nitrogens with one attached hydrogen (secondary N) is 1. The predicted octanol–water partition coefficient (Wildman–Crippen LogP) is 4.91. The Morgan fingerprint density at radius 1 is 1.14 bits per heavy atom. The number of imidazole rings is 1. The molecule has 1 amide bonds. The molecule has 0 saturated carbocycles. The van der Waals surface area contributed by atoms with Crippen LogP contribution in [0.15, 0.2) is 0 Å². The number of rotatable bonds is 11. The molecule has 42 heavy (non-hydrogen) atoms. The molecule has 2 N–H and O–H groups in total. The Morgan fingerprint density at radius 2 is 1.76 bits per heavy atom. The lowest BCUT2D eigenvalue weighted by atomic mass is 10.0. The van der Waals surface area contributed by atoms with Crippen molar-refractivity contribution in [1.82, 2.24) is 25.1 Å². The summed E-state index contributed by atoms with van der Waals surface area (Å²) in [5, 5.41) is 23.0. The fourth-order valence-corrected chi connectivity index (χ4v) is 7.11. The second-order valence-electron chi connectivity index (χ2n) is 12.6. The van der Waals surface area contributed by atoms with Crippen LogP contribution < -0.4 is 10.2 Å². The molecule has 1 saturated heterocycles. The maximum absolute atomic E-state index is 13.6. The maximum Gasteiger partial charge on any atom is 0.477 e. The van der Waals surface area contributed by atoms with Crippen molar-refractivity contribution < 1.29 is 32.8 Å². The standard InChI is InChI=1S/C26H44ClN6O7PS/c1-11-16-19(27)33(15-38-41(36,39-24(2,3)4)40-25(5,6)7)20(28-16)21(34)29-17-12-13-32(14-18(17)37-10)23-31-30-22(42-23)26(8,9)35/h17-18,35H,11-15H2,1-10H3,(H,29,34)/t17-,18+/m1/s1. The number of phosphoric ester groups is 1. The second kappa shape index (κ2) is 13.2. The van der Waals surface area contributed by atoms with Crippen molar-refractivity contribution in [2.45, 2.75) is 111 Å². The first-order valence-electron chi connectivity index (χ1n) is 13.8. The number of methoxy groups -OCH3 is 1. The number of ether oxygens (including phenoxy) is 1. The molecular weight excluding hydrogens is 607 g/mol. The molecule has 0 spiro atoms. The van der Waals surface area contributed by atoms with E-state index in [2.05, 4.69) is 20.5 Å². The zero-order valence-electron chi connectivity index (χ0n) is 26.1. The van der Waals surface area contributed by atoms with Gasteiger partial charge in [-0.25, -0.2) is 9.55 Å². The summed E-state index contributed by atoms with van der Waals surface area (Å²) >= 11 is 7.92. The van der Waals surface area contributed by atoms with Gasteiger partial charge in [0.05, 0.1) is 29.0 Å². The predicted molar refractivity (Wildman–Crippen MR) is 161 cm³/mol. The second-order valence-corrected chi connectivity index (χ2v) is 15.4. The van der Waals surface area contributed by atoms with Crippen molar-refractivity contribution in [3.63, 3.8) is 0 Å². The van der Waals surface area contributed by atoms with Crippen LogP contribution in [0.5, 0.6) is 0 Å². The number of amides is 1. The van der Waals surface area contributed by atoms with Gasteiger partial charge in [0.1, 0.15) is 22.5 Å². The van der Waals surface area contributed by atoms with E-state index in [0.717, 1.165) is 0 Å². The van der Waals surface area contributed by atoms with Gasteiger partial charge in [0.15, 0.2) is 0 Å². The Balaban J connectivity index is 1.78. The summed E-state index contributed by atoms with van der Waals surface area (Å²) in [7, 11) is -2.50. The minimum atomic E-state index is -4.08. The van der Waals surface area contributed by atoms with Crippen molar-refractivity contribution in [2.24, 2.45) is 0 Å². The lowest BCUT2D eigenvalue weighted by molar-refractivity contribution is -0.00651. The van der Waals surface area contributed by atoms with E-state index < -0.39 is 30.5 Å². The number of anilines is 1. The molecule has 3 heterocycles. The summed E-state index contributed by atoms with van der Waals surface area (Å²) in [4.78, 5) is 20.0. The Hall–Kier alpha value is -1.64. The quantitative estimate of drug-likeness (QED) is 0.319. The van der Waals surface area contributed by atoms with E-state index in [9.17, 15) is 14.5 Å². The molecular formula is C26H44ClN6O7PS. The number of nitrogens with zero attached hydrogens (tertiary/aromatic N) is 5. The minimum absolute atomic E-state index is 0.00569. The number of halogens is 1. The molecule has 2 aromatic rings. The van der Waals surface area contributed by atoms with Crippen LogP contribution in [0.2, 0.25) is 5.15 Å². The van der Waals surface area contributed by atoms with Crippen LogP contribution in [0.1, 0.15) is 90.1 Å². The van der Waals surface area contributed by atoms with Crippen molar-refractivity contribution in [2.75, 3.05) is 25.1 Å². The van der Waals surface area contributed by atoms with E-state index in [1.165, 1.54) is 15.9 Å². The summed E-state index contributed by atoms with van der Waals surface area (Å²) in [6, 6.07) is -0.338. The van der Waals surface area contributed by atoms with Crippen LogP contribution >= 0.6 is 30.8 Å². The molecule has 2 atom stereocenters. The van der Waals surface area contributed by atoms with E-state index in [4.69, 9.17) is 29.9 Å². The van der Waals surface area contributed by atoms with Gasteiger partial charge in [-0.15, -0.1) is 10.2 Å². The van der Waals surface area contributed by atoms with E-state index in [0.29, 0.717) is 41.8 Å². The van der Waals surface area contributed by atoms with Gasteiger partial charge in [-0.1, -0.05) is 29.9 Å². The minimum Gasteiger partial charge on any atom is -0.383 e. The van der Waals surface area contributed by atoms with Crippen LogP contribution in [0, 0.1) is 0 Å². The van der Waals surface area contributed by atoms with Crippen molar-refractivity contribution in [1.29, 1.82) is 0 Å². The maximum atomic E-state index is 13.6. The highest BCUT2D eigenvalue weighted by molar-refractivity contribution is 7.48. The third kappa shape index (κ3) is 9.18. The Labute approximate surface area is 256 Å². The van der Waals surface area contributed by atoms with Gasteiger partial charge in [-0.05, 0) is 68.2 Å². The molecule has 1 fully saturated rings. The average molecular weight is 651 g/mol. The normalized spacial score (nSPS) is 18.9. The number of aliphatic hydroxyl groups is 1. The average Bonchev–Trinajstić information content (AvgIpc) is 3.46. The fourth-order valence-electron chi connectivity index (χ4n) is 4.19. The zero-order chi connectivity index (χ0) is 31.7. The third-order valence-electron chi connectivity index (χ3n) is 6.01. The highest BCUT2D eigenvalue weighted by Crippen LogP contribution is 2.55. The highest BCUT2D eigenvalue weighted by Gasteiger charge is 2.39. The number of carbonyl (C=O) groups excluding carboxylic acids is 1. The van der Waals surface area contributed by atoms with E-state index in [-0.39, 0.29) is 29.9 Å². The van der Waals surface area contributed by atoms with Gasteiger partial charge in [-0.3, -0.25) is 22.9 Å². The van der Waals surface area contributed by atoms with Crippen LogP contribution in [-0.4, -0.2) is 74.3 Å². The fraction of sp³-hybridized carbons (Fsp3) is 0.769. The molecule has 13 nitrogen and oxygen atoms in total. The first kappa shape index (κ1) is 34.8. The first-order valence-corrected chi connectivity index (χ1v) is 16.5. The molecule has 0 aliphatic carbocycles. The number of hydrogen-bond donors (Lipinski definition) is 2. The number of phosphoric acid groups is 1. The molecule has 0 radical (unpaired) electrons. The lowest BCUT2D eigenvalue weighted by Crippen LogP contribution is -2.55. The topological polar surface area (TPSA) is 150 Å². The molecule has 3 rings (SSSR count). The van der Waals surface area contributed by atoms with Crippen molar-refractivity contribution in [3.8, 4) is 0 Å². The van der Waals surface area contributed by atoms with Crippen LogP contribution in [0.3, 0.4) is 0 Å². The van der Waals surface area contributed by atoms with Crippen molar-refractivity contribution >= 4 is 41.8 Å². The van der Waals surface area contributed by atoms with Gasteiger partial charge >= 0.3 is 7.82 Å². The molecule has 1 aliphatic rings. The third-order valence-corrected chi connectivity index (χ3v) is 9.71. The summed E-state index contributed by atoms with van der Waals surface area (Å²) in [6.45, 7) is 16.3. The van der Waals surface area contributed by atoms with E-state index >= 15 is 0 Å². The van der Waals surface area contributed by atoms with Gasteiger partial charge in [-0.2, -0.15) is 0 Å². The molecule has 0 unspecified atom stereocenters. The summed E-state index contributed by atoms with van der Waals surface area (Å²) in [6.07, 6.45) is 0.661. The number of carbonyl (C=O) groups is 1. The Bertz CT molecular complexity index is 1260. The summed E-state index contributed by atoms with van der Waals surface area (Å²) in [5.41, 5.74) is -2.25. The molecule has 1 aliphatic heterocycles. The number of piperidine rings is 1. The number of aromatic nitrogens is 4. The molecule has 0 aromatic carbocycles. The largest absolute Gasteiger partial charge is 0.477 e. The lowest BCUT2D eigenvalue weighted by Gasteiger charge is -2.37. The molecule has 2 aromatic heterocycles. The van der Waals surface area contributed by atoms with Gasteiger partial charge in [0.2, 0.25) is 11.0 Å². The monoisotopic (exact) mass is 650 g/mol. The first-order chi connectivity index (χ1) is 19.2. The molecule has 238 valence electrons. The molecule has 16 heteroatoms. The highest BCUT2D eigenvalue weighted by atomic mass is 35.5. The number of hydrogen-bond acceptors (Lipinski definition) is 12. The van der Waals surface area contributed by atoms with Gasteiger partial charge in [0.25, 0.3) is 5.91 Å². The Morgan fingerprint density at radius 3 is 2.26 bits per heavy atom. The summed E-state index contributed by atoms with van der Waals surface area (Å²) in [5.74, 6) is -0.476. The van der Waals surface area contributed by atoms with Crippen molar-refractivity contribution in [3.05, 3.63) is 21.7 Å². The Kier molecular flexibility index (Phi) is 10.9. The summed E-state index contributed by atoms with van der Waals surface area (Å²) < 4.78 is 37.8. The smallest absolute Gasteiger partial charge is 0.383 e. The van der Waals surface area contributed by atoms with Gasteiger partial charge in [0, 0.05) is 20.2 Å². The van der Waals surface area contributed by atoms with Gasteiger partial charge < -0.3 is 20.1 Å². The number of aryl methyl sites for hydroxylation is 1. The van der Waals surface area contributed by atoms with E-state index in [1.807, 2.05) is 11.8 Å². The van der Waals surface area contributed by atoms with Crippen LogP contribution in [0.25, 0.3) is 0 Å². The van der Waals surface area contributed by atoms with Crippen LogP contribution in [0.4, 0.5) is 5.13 Å². The molecule has 0 bridgehead atoms. The zero-order valence-corrected chi connectivity index (χ0v) is 28.5. The van der Waals surface area contributed by atoms with E-state index in [1.54, 1.807) is 62.5 Å². The SMILES string of the molecule is CCc1nc(C(=O)N[C@@H]2CCN(c3nnc(C(C)(C)O)s3)C[C@@H]2OC)n(COP(=O)(OC(C)(C)C)OC(C)(C)C)c1Cl. The van der Waals surface area contributed by atoms with Crippen LogP contribution in [-0.2, 0) is 41.6 Å².